The fourth-order valence-electron chi connectivity index (χ4n) is 2.28. The van der Waals surface area contributed by atoms with E-state index in [1.807, 2.05) is 0 Å². The van der Waals surface area contributed by atoms with Crippen molar-refractivity contribution >= 4 is 0 Å². The second-order valence-electron chi connectivity index (χ2n) is 4.67. The Balaban J connectivity index is 1.87. The molecule has 4 nitrogen and oxygen atoms in total. The quantitative estimate of drug-likeness (QED) is 0.845. The van der Waals surface area contributed by atoms with Crippen LogP contribution in [-0.4, -0.2) is 15.4 Å². The highest BCUT2D eigenvalue weighted by atomic mass is 15.3. The molecule has 3 N–H and O–H groups in total. The molecule has 1 atom stereocenters. The number of nitrogens with one attached hydrogen (secondary N) is 1. The lowest BCUT2D eigenvalue weighted by Crippen LogP contribution is -2.14. The number of H-pyrrole nitrogens is 1. The molecule has 1 fully saturated rings. The van der Waals surface area contributed by atoms with E-state index in [2.05, 4.69) is 39.7 Å². The van der Waals surface area contributed by atoms with Gasteiger partial charge < -0.3 is 5.73 Å². The van der Waals surface area contributed by atoms with Crippen molar-refractivity contribution in [2.24, 2.45) is 5.73 Å². The van der Waals surface area contributed by atoms with Gasteiger partial charge in [0.05, 0.1) is 12.2 Å². The first-order chi connectivity index (χ1) is 8.34. The van der Waals surface area contributed by atoms with Crippen LogP contribution >= 0.6 is 0 Å². The van der Waals surface area contributed by atoms with Gasteiger partial charge in [0.1, 0.15) is 5.69 Å². The summed E-state index contributed by atoms with van der Waals surface area (Å²) in [6, 6.07) is 8.37. The molecule has 1 saturated carbocycles. The number of nitrogens with zero attached hydrogens (tertiary/aromatic N) is 2. The lowest BCUT2D eigenvalue weighted by molar-refractivity contribution is 0.419. The van der Waals surface area contributed by atoms with Crippen molar-refractivity contribution in [3.8, 4) is 0 Å². The molecule has 1 aliphatic carbocycles. The van der Waals surface area contributed by atoms with E-state index >= 15 is 0 Å². The smallest absolute Gasteiger partial charge is 0.104 e. The Morgan fingerprint density at radius 2 is 2.24 bits per heavy atom. The van der Waals surface area contributed by atoms with Crippen LogP contribution in [0.2, 0.25) is 0 Å². The van der Waals surface area contributed by atoms with Crippen LogP contribution in [0.4, 0.5) is 0 Å². The SMILES string of the molecule is NC(c1cccc(C2CCC2)c1)c1cn[nH]n1. The molecule has 1 heterocycles. The van der Waals surface area contributed by atoms with Crippen molar-refractivity contribution in [3.05, 3.63) is 47.3 Å². The summed E-state index contributed by atoms with van der Waals surface area (Å²) in [4.78, 5) is 0. The number of benzene rings is 1. The van der Waals surface area contributed by atoms with Crippen LogP contribution in [0, 0.1) is 0 Å². The van der Waals surface area contributed by atoms with E-state index in [-0.39, 0.29) is 6.04 Å². The molecular formula is C13H16N4. The Labute approximate surface area is 100 Å². The maximum atomic E-state index is 6.17. The van der Waals surface area contributed by atoms with Gasteiger partial charge in [-0.25, -0.2) is 0 Å². The highest BCUT2D eigenvalue weighted by Crippen LogP contribution is 2.37. The monoisotopic (exact) mass is 228 g/mol. The van der Waals surface area contributed by atoms with E-state index in [1.54, 1.807) is 6.20 Å². The van der Waals surface area contributed by atoms with Crippen LogP contribution in [0.15, 0.2) is 30.5 Å². The average molecular weight is 228 g/mol. The maximum Gasteiger partial charge on any atom is 0.104 e. The Morgan fingerprint density at radius 1 is 1.35 bits per heavy atom. The van der Waals surface area contributed by atoms with E-state index in [1.165, 1.54) is 24.8 Å². The van der Waals surface area contributed by atoms with E-state index < -0.39 is 0 Å². The lowest BCUT2D eigenvalue weighted by atomic mass is 9.79. The number of rotatable bonds is 3. The molecular weight excluding hydrogens is 212 g/mol. The highest BCUT2D eigenvalue weighted by molar-refractivity contribution is 5.32. The number of nitrogens with two attached hydrogens (primary N) is 1. The summed E-state index contributed by atoms with van der Waals surface area (Å²) in [5, 5.41) is 10.4. The Morgan fingerprint density at radius 3 is 2.88 bits per heavy atom. The molecule has 0 amide bonds. The zero-order valence-corrected chi connectivity index (χ0v) is 9.63. The van der Waals surface area contributed by atoms with Crippen molar-refractivity contribution in [3.63, 3.8) is 0 Å². The molecule has 1 aromatic heterocycles. The molecule has 17 heavy (non-hydrogen) atoms. The highest BCUT2D eigenvalue weighted by Gasteiger charge is 2.20. The van der Waals surface area contributed by atoms with Gasteiger partial charge in [-0.1, -0.05) is 30.7 Å². The van der Waals surface area contributed by atoms with E-state index in [0.29, 0.717) is 0 Å². The van der Waals surface area contributed by atoms with Crippen molar-refractivity contribution < 1.29 is 0 Å². The van der Waals surface area contributed by atoms with Crippen LogP contribution in [0.1, 0.15) is 48.0 Å². The first kappa shape index (κ1) is 10.5. The van der Waals surface area contributed by atoms with Crippen molar-refractivity contribution in [1.82, 2.24) is 15.4 Å². The summed E-state index contributed by atoms with van der Waals surface area (Å²) in [7, 11) is 0. The van der Waals surface area contributed by atoms with Gasteiger partial charge in [-0.05, 0) is 29.9 Å². The number of hydrogen-bond donors (Lipinski definition) is 2. The minimum Gasteiger partial charge on any atom is -0.319 e. The van der Waals surface area contributed by atoms with Crippen LogP contribution in [-0.2, 0) is 0 Å². The Bertz CT molecular complexity index is 488. The molecule has 1 aromatic carbocycles. The zero-order valence-electron chi connectivity index (χ0n) is 9.63. The zero-order chi connectivity index (χ0) is 11.7. The molecule has 0 saturated heterocycles. The summed E-state index contributed by atoms with van der Waals surface area (Å²) in [6.45, 7) is 0. The first-order valence-electron chi connectivity index (χ1n) is 6.05. The summed E-state index contributed by atoms with van der Waals surface area (Å²) in [5.41, 5.74) is 9.48. The predicted molar refractivity (Wildman–Crippen MR) is 65.4 cm³/mol. The van der Waals surface area contributed by atoms with Crippen LogP contribution in [0.25, 0.3) is 0 Å². The normalized spacial score (nSPS) is 17.7. The molecule has 3 rings (SSSR count). The summed E-state index contributed by atoms with van der Waals surface area (Å²) in [5.74, 6) is 0.736. The van der Waals surface area contributed by atoms with Gasteiger partial charge in [0, 0.05) is 0 Å². The number of aromatic nitrogens is 3. The van der Waals surface area contributed by atoms with Gasteiger partial charge in [0.2, 0.25) is 0 Å². The molecule has 4 heteroatoms. The number of hydrogen-bond acceptors (Lipinski definition) is 3. The summed E-state index contributed by atoms with van der Waals surface area (Å²) >= 11 is 0. The third-order valence-electron chi connectivity index (χ3n) is 3.60. The van der Waals surface area contributed by atoms with Gasteiger partial charge in [0.25, 0.3) is 0 Å². The molecule has 2 aromatic rings. The third kappa shape index (κ3) is 1.96. The van der Waals surface area contributed by atoms with E-state index in [9.17, 15) is 0 Å². The second-order valence-corrected chi connectivity index (χ2v) is 4.67. The maximum absolute atomic E-state index is 6.17. The van der Waals surface area contributed by atoms with Gasteiger partial charge in [-0.3, -0.25) is 0 Å². The van der Waals surface area contributed by atoms with E-state index in [0.717, 1.165) is 17.2 Å². The topological polar surface area (TPSA) is 67.6 Å². The van der Waals surface area contributed by atoms with Crippen molar-refractivity contribution in [2.75, 3.05) is 0 Å². The van der Waals surface area contributed by atoms with Gasteiger partial charge in [-0.15, -0.1) is 0 Å². The fourth-order valence-corrected chi connectivity index (χ4v) is 2.28. The fraction of sp³-hybridized carbons (Fsp3) is 0.385. The molecule has 1 unspecified atom stereocenters. The standard InChI is InChI=1S/C13H16N4/c14-13(12-8-15-17-16-12)11-6-2-5-10(7-11)9-3-1-4-9/h2,5-9,13H,1,3-4,14H2,(H,15,16,17). The number of aromatic amines is 1. The summed E-state index contributed by atoms with van der Waals surface area (Å²) < 4.78 is 0. The van der Waals surface area contributed by atoms with Crippen LogP contribution < -0.4 is 5.73 Å². The summed E-state index contributed by atoms with van der Waals surface area (Å²) in [6.07, 6.45) is 5.65. The molecule has 0 bridgehead atoms. The minimum atomic E-state index is -0.186. The molecule has 88 valence electrons. The molecule has 0 aliphatic heterocycles. The third-order valence-corrected chi connectivity index (χ3v) is 3.60. The molecule has 0 radical (unpaired) electrons. The average Bonchev–Trinajstić information content (AvgIpc) is 2.79. The first-order valence-corrected chi connectivity index (χ1v) is 6.05. The predicted octanol–water partition coefficient (Wildman–Crippen LogP) is 2.12. The molecule has 1 aliphatic rings. The van der Waals surface area contributed by atoms with Gasteiger partial charge in [-0.2, -0.15) is 15.4 Å². The Kier molecular flexibility index (Phi) is 2.65. The van der Waals surface area contributed by atoms with Gasteiger partial charge in [0.15, 0.2) is 0 Å². The minimum absolute atomic E-state index is 0.186. The lowest BCUT2D eigenvalue weighted by Gasteiger charge is -2.26. The van der Waals surface area contributed by atoms with Gasteiger partial charge >= 0.3 is 0 Å². The van der Waals surface area contributed by atoms with E-state index in [4.69, 9.17) is 5.73 Å². The van der Waals surface area contributed by atoms with Crippen molar-refractivity contribution in [1.29, 1.82) is 0 Å². The van der Waals surface area contributed by atoms with Crippen LogP contribution in [0.3, 0.4) is 0 Å². The van der Waals surface area contributed by atoms with Crippen LogP contribution in [0.5, 0.6) is 0 Å². The Hall–Kier alpha value is -1.68. The molecule has 0 spiro atoms. The second kappa shape index (κ2) is 4.30. The largest absolute Gasteiger partial charge is 0.319 e. The van der Waals surface area contributed by atoms with Crippen molar-refractivity contribution in [2.45, 2.75) is 31.2 Å².